The van der Waals surface area contributed by atoms with E-state index in [1.54, 1.807) is 7.05 Å². The largest absolute Gasteiger partial charge is 0.416 e. The molecule has 5 heteroatoms. The summed E-state index contributed by atoms with van der Waals surface area (Å²) in [6.07, 6.45) is -4.34. The van der Waals surface area contributed by atoms with Gasteiger partial charge in [0.2, 0.25) is 0 Å². The number of aryl methyl sites for hydroxylation is 1. The smallest absolute Gasteiger partial charge is 0.397 e. The van der Waals surface area contributed by atoms with Crippen molar-refractivity contribution in [2.24, 2.45) is 0 Å². The molecule has 0 amide bonds. The molecule has 3 N–H and O–H groups in total. The van der Waals surface area contributed by atoms with E-state index in [1.165, 1.54) is 13.0 Å². The fourth-order valence-corrected chi connectivity index (χ4v) is 1.25. The standard InChI is InChI=1S/C9H11F3N2/c1-5-3-8(14-2)7(13)4-6(5)9(10,11)12/h3-4,14H,13H2,1-2H3. The van der Waals surface area contributed by atoms with Crippen LogP contribution in [-0.4, -0.2) is 7.05 Å². The molecule has 78 valence electrons. The first kappa shape index (κ1) is 10.7. The molecule has 0 unspecified atom stereocenters. The van der Waals surface area contributed by atoms with Crippen LogP contribution in [0.25, 0.3) is 0 Å². The van der Waals surface area contributed by atoms with Crippen LogP contribution in [0.2, 0.25) is 0 Å². The fourth-order valence-electron chi connectivity index (χ4n) is 1.25. The number of rotatable bonds is 1. The number of halogens is 3. The zero-order chi connectivity index (χ0) is 10.9. The van der Waals surface area contributed by atoms with Crippen LogP contribution in [0.3, 0.4) is 0 Å². The lowest BCUT2D eigenvalue weighted by Gasteiger charge is -2.13. The maximum Gasteiger partial charge on any atom is 0.416 e. The number of alkyl halides is 3. The lowest BCUT2D eigenvalue weighted by molar-refractivity contribution is -0.138. The van der Waals surface area contributed by atoms with E-state index in [0.717, 1.165) is 6.07 Å². The summed E-state index contributed by atoms with van der Waals surface area (Å²) in [5.74, 6) is 0. The predicted octanol–water partition coefficient (Wildman–Crippen LogP) is 2.64. The molecule has 0 heterocycles. The molecule has 0 saturated carbocycles. The van der Waals surface area contributed by atoms with Gasteiger partial charge in [0.25, 0.3) is 0 Å². The lowest BCUT2D eigenvalue weighted by atomic mass is 10.1. The molecule has 1 aromatic carbocycles. The first-order valence-corrected chi connectivity index (χ1v) is 4.01. The van der Waals surface area contributed by atoms with Crippen LogP contribution < -0.4 is 11.1 Å². The Morgan fingerprint density at radius 2 is 1.86 bits per heavy atom. The van der Waals surface area contributed by atoms with Gasteiger partial charge in [0, 0.05) is 7.05 Å². The van der Waals surface area contributed by atoms with Gasteiger partial charge in [-0.2, -0.15) is 13.2 Å². The van der Waals surface area contributed by atoms with E-state index in [9.17, 15) is 13.2 Å². The van der Waals surface area contributed by atoms with Crippen molar-refractivity contribution in [1.29, 1.82) is 0 Å². The molecular formula is C9H11F3N2. The van der Waals surface area contributed by atoms with Gasteiger partial charge in [-0.25, -0.2) is 0 Å². The summed E-state index contributed by atoms with van der Waals surface area (Å²) < 4.78 is 37.2. The number of hydrogen-bond acceptors (Lipinski definition) is 2. The minimum atomic E-state index is -4.34. The van der Waals surface area contributed by atoms with Crippen molar-refractivity contribution in [1.82, 2.24) is 0 Å². The lowest BCUT2D eigenvalue weighted by Crippen LogP contribution is -2.09. The van der Waals surface area contributed by atoms with Crippen molar-refractivity contribution in [3.8, 4) is 0 Å². The van der Waals surface area contributed by atoms with E-state index in [0.29, 0.717) is 5.69 Å². The van der Waals surface area contributed by atoms with Gasteiger partial charge in [-0.1, -0.05) is 0 Å². The van der Waals surface area contributed by atoms with Crippen molar-refractivity contribution < 1.29 is 13.2 Å². The van der Waals surface area contributed by atoms with Crippen molar-refractivity contribution in [2.45, 2.75) is 13.1 Å². The molecule has 1 rings (SSSR count). The Hall–Kier alpha value is -1.39. The highest BCUT2D eigenvalue weighted by Crippen LogP contribution is 2.35. The van der Waals surface area contributed by atoms with Crippen LogP contribution in [0.1, 0.15) is 11.1 Å². The molecular weight excluding hydrogens is 193 g/mol. The zero-order valence-electron chi connectivity index (χ0n) is 7.87. The Morgan fingerprint density at radius 1 is 1.29 bits per heavy atom. The average Bonchev–Trinajstić information content (AvgIpc) is 2.06. The number of nitrogen functional groups attached to an aromatic ring is 1. The third-order valence-corrected chi connectivity index (χ3v) is 1.97. The van der Waals surface area contributed by atoms with E-state index in [4.69, 9.17) is 5.73 Å². The molecule has 0 atom stereocenters. The summed E-state index contributed by atoms with van der Waals surface area (Å²) >= 11 is 0. The molecule has 0 saturated heterocycles. The molecule has 14 heavy (non-hydrogen) atoms. The topological polar surface area (TPSA) is 38.0 Å². The summed E-state index contributed by atoms with van der Waals surface area (Å²) in [6, 6.07) is 2.33. The van der Waals surface area contributed by atoms with Gasteiger partial charge in [-0.3, -0.25) is 0 Å². The molecule has 0 bridgehead atoms. The van der Waals surface area contributed by atoms with Gasteiger partial charge in [-0.05, 0) is 24.6 Å². The van der Waals surface area contributed by atoms with Crippen LogP contribution in [0, 0.1) is 6.92 Å². The van der Waals surface area contributed by atoms with Gasteiger partial charge in [0.1, 0.15) is 0 Å². The Bertz CT molecular complexity index is 345. The fraction of sp³-hybridized carbons (Fsp3) is 0.333. The van der Waals surface area contributed by atoms with Crippen molar-refractivity contribution >= 4 is 11.4 Å². The Balaban J connectivity index is 3.29. The van der Waals surface area contributed by atoms with Crippen LogP contribution in [0.4, 0.5) is 24.5 Å². The van der Waals surface area contributed by atoms with E-state index in [-0.39, 0.29) is 11.3 Å². The third kappa shape index (κ3) is 1.92. The van der Waals surface area contributed by atoms with Gasteiger partial charge >= 0.3 is 6.18 Å². The van der Waals surface area contributed by atoms with Crippen LogP contribution in [-0.2, 0) is 6.18 Å². The summed E-state index contributed by atoms with van der Waals surface area (Å²) in [5, 5.41) is 2.72. The monoisotopic (exact) mass is 204 g/mol. The number of nitrogens with one attached hydrogen (secondary N) is 1. The minimum absolute atomic E-state index is 0.102. The quantitative estimate of drug-likeness (QED) is 0.690. The molecule has 0 aliphatic rings. The van der Waals surface area contributed by atoms with Gasteiger partial charge < -0.3 is 11.1 Å². The molecule has 1 aromatic rings. The first-order valence-electron chi connectivity index (χ1n) is 4.01. The van der Waals surface area contributed by atoms with Crippen LogP contribution >= 0.6 is 0 Å². The maximum atomic E-state index is 12.4. The Labute approximate surface area is 79.9 Å². The molecule has 2 nitrogen and oxygen atoms in total. The van der Waals surface area contributed by atoms with Gasteiger partial charge in [0.15, 0.2) is 0 Å². The van der Waals surface area contributed by atoms with Crippen molar-refractivity contribution in [2.75, 3.05) is 18.1 Å². The second-order valence-electron chi connectivity index (χ2n) is 3.00. The van der Waals surface area contributed by atoms with Crippen LogP contribution in [0.5, 0.6) is 0 Å². The highest BCUT2D eigenvalue weighted by molar-refractivity contribution is 5.68. The molecule has 0 radical (unpaired) electrons. The first-order chi connectivity index (χ1) is 6.36. The van der Waals surface area contributed by atoms with Crippen LogP contribution in [0.15, 0.2) is 12.1 Å². The summed E-state index contributed by atoms with van der Waals surface area (Å²) in [7, 11) is 1.61. The maximum absolute atomic E-state index is 12.4. The van der Waals surface area contributed by atoms with E-state index >= 15 is 0 Å². The average molecular weight is 204 g/mol. The van der Waals surface area contributed by atoms with Crippen molar-refractivity contribution in [3.05, 3.63) is 23.3 Å². The van der Waals surface area contributed by atoms with Crippen molar-refractivity contribution in [3.63, 3.8) is 0 Å². The number of hydrogen-bond donors (Lipinski definition) is 2. The highest BCUT2D eigenvalue weighted by atomic mass is 19.4. The SMILES string of the molecule is CNc1cc(C)c(C(F)(F)F)cc1N. The van der Waals surface area contributed by atoms with Gasteiger partial charge in [-0.15, -0.1) is 0 Å². The second kappa shape index (κ2) is 3.40. The summed E-state index contributed by atoms with van der Waals surface area (Å²) in [5.41, 5.74) is 5.52. The highest BCUT2D eigenvalue weighted by Gasteiger charge is 2.32. The number of benzene rings is 1. The Morgan fingerprint density at radius 3 is 2.29 bits per heavy atom. The van der Waals surface area contributed by atoms with Gasteiger partial charge in [0.05, 0.1) is 16.9 Å². The molecule has 0 aliphatic heterocycles. The molecule has 0 fully saturated rings. The molecule has 0 aromatic heterocycles. The predicted molar refractivity (Wildman–Crippen MR) is 50.1 cm³/mol. The summed E-state index contributed by atoms with van der Waals surface area (Å²) in [6.45, 7) is 1.41. The summed E-state index contributed by atoms with van der Waals surface area (Å²) in [4.78, 5) is 0. The van der Waals surface area contributed by atoms with E-state index < -0.39 is 11.7 Å². The van der Waals surface area contributed by atoms with E-state index in [2.05, 4.69) is 5.32 Å². The molecule has 0 spiro atoms. The minimum Gasteiger partial charge on any atom is -0.397 e. The number of anilines is 2. The Kier molecular flexibility index (Phi) is 2.59. The third-order valence-electron chi connectivity index (χ3n) is 1.97. The zero-order valence-corrected chi connectivity index (χ0v) is 7.87. The number of nitrogens with two attached hydrogens (primary N) is 1. The second-order valence-corrected chi connectivity index (χ2v) is 3.00. The van der Waals surface area contributed by atoms with E-state index in [1.807, 2.05) is 0 Å². The molecule has 0 aliphatic carbocycles. The normalized spacial score (nSPS) is 11.5.